The first-order valence-electron chi connectivity index (χ1n) is 4.40. The Labute approximate surface area is 85.7 Å². The number of sulfonamides is 1. The van der Waals surface area contributed by atoms with Crippen molar-refractivity contribution in [3.05, 3.63) is 0 Å². The van der Waals surface area contributed by atoms with E-state index in [4.69, 9.17) is 5.11 Å². The van der Waals surface area contributed by atoms with E-state index in [1.54, 1.807) is 0 Å². The van der Waals surface area contributed by atoms with Gasteiger partial charge in [0, 0.05) is 13.1 Å². The quantitative estimate of drug-likeness (QED) is 0.774. The van der Waals surface area contributed by atoms with E-state index >= 15 is 0 Å². The molecule has 15 heavy (non-hydrogen) atoms. The number of aliphatic hydroxyl groups is 1. The van der Waals surface area contributed by atoms with Crippen LogP contribution in [0.15, 0.2) is 0 Å². The first-order valence-corrected chi connectivity index (χ1v) is 5.84. The van der Waals surface area contributed by atoms with Crippen molar-refractivity contribution in [3.8, 4) is 0 Å². The van der Waals surface area contributed by atoms with Gasteiger partial charge in [0.15, 0.2) is 0 Å². The molecule has 90 valence electrons. The van der Waals surface area contributed by atoms with Gasteiger partial charge in [-0.1, -0.05) is 0 Å². The molecule has 1 rings (SSSR count). The molecule has 1 saturated heterocycles. The molecule has 2 unspecified atom stereocenters. The fraction of sp³-hybridized carbons (Fsp3) is 1.00. The van der Waals surface area contributed by atoms with Crippen molar-refractivity contribution in [1.29, 1.82) is 0 Å². The van der Waals surface area contributed by atoms with Gasteiger partial charge < -0.3 is 5.11 Å². The summed E-state index contributed by atoms with van der Waals surface area (Å²) in [7, 11) is -5.22. The summed E-state index contributed by atoms with van der Waals surface area (Å²) in [6.45, 7) is 0.991. The Morgan fingerprint density at radius 2 is 2.00 bits per heavy atom. The largest absolute Gasteiger partial charge is 0.511 e. The molecule has 1 N–H and O–H groups in total. The van der Waals surface area contributed by atoms with Crippen LogP contribution in [0.25, 0.3) is 0 Å². The minimum atomic E-state index is -5.25. The zero-order valence-electron chi connectivity index (χ0n) is 8.03. The molecule has 8 heteroatoms. The zero-order valence-corrected chi connectivity index (χ0v) is 8.85. The van der Waals surface area contributed by atoms with Gasteiger partial charge in [0.05, 0.1) is 6.10 Å². The van der Waals surface area contributed by atoms with Crippen molar-refractivity contribution in [2.75, 3.05) is 13.1 Å². The summed E-state index contributed by atoms with van der Waals surface area (Å²) in [6.07, 6.45) is -0.536. The van der Waals surface area contributed by atoms with Gasteiger partial charge in [-0.3, -0.25) is 0 Å². The molecular formula is C7H12F3NO3S. The topological polar surface area (TPSA) is 57.6 Å². The number of hydrogen-bond donors (Lipinski definition) is 1. The van der Waals surface area contributed by atoms with Gasteiger partial charge in [0.25, 0.3) is 0 Å². The van der Waals surface area contributed by atoms with Crippen LogP contribution in [0.4, 0.5) is 13.2 Å². The van der Waals surface area contributed by atoms with Crippen LogP contribution in [0.2, 0.25) is 0 Å². The van der Waals surface area contributed by atoms with E-state index in [0.717, 1.165) is 0 Å². The van der Waals surface area contributed by atoms with E-state index in [9.17, 15) is 21.6 Å². The van der Waals surface area contributed by atoms with Gasteiger partial charge in [-0.05, 0) is 19.3 Å². The summed E-state index contributed by atoms with van der Waals surface area (Å²) in [6, 6.07) is 0. The second-order valence-corrected chi connectivity index (χ2v) is 5.53. The molecule has 0 radical (unpaired) electrons. The lowest BCUT2D eigenvalue weighted by Crippen LogP contribution is -2.39. The van der Waals surface area contributed by atoms with Gasteiger partial charge in [0.1, 0.15) is 0 Å². The average Bonchev–Trinajstić information content (AvgIpc) is 2.49. The lowest BCUT2D eigenvalue weighted by atomic mass is 10.0. The molecule has 0 aromatic rings. The summed E-state index contributed by atoms with van der Waals surface area (Å²) in [5.41, 5.74) is -5.25. The molecule has 4 nitrogen and oxygen atoms in total. The molecule has 0 amide bonds. The number of nitrogens with zero attached hydrogens (tertiary/aromatic N) is 1. The summed E-state index contributed by atoms with van der Waals surface area (Å²) in [4.78, 5) is 0. The van der Waals surface area contributed by atoms with Gasteiger partial charge >= 0.3 is 15.5 Å². The Bertz CT molecular complexity index is 325. The average molecular weight is 247 g/mol. The fourth-order valence-electron chi connectivity index (χ4n) is 1.51. The van der Waals surface area contributed by atoms with E-state index in [1.807, 2.05) is 0 Å². The monoisotopic (exact) mass is 247 g/mol. The van der Waals surface area contributed by atoms with Crippen molar-refractivity contribution in [2.24, 2.45) is 5.92 Å². The van der Waals surface area contributed by atoms with E-state index in [0.29, 0.717) is 4.31 Å². The maximum atomic E-state index is 12.1. The minimum Gasteiger partial charge on any atom is -0.393 e. The van der Waals surface area contributed by atoms with Gasteiger partial charge in [-0.2, -0.15) is 17.5 Å². The van der Waals surface area contributed by atoms with Crippen LogP contribution in [0, 0.1) is 5.92 Å². The molecule has 1 fully saturated rings. The predicted molar refractivity (Wildman–Crippen MR) is 46.3 cm³/mol. The number of rotatable bonds is 2. The molecule has 2 atom stereocenters. The Kier molecular flexibility index (Phi) is 3.32. The number of aliphatic hydroxyl groups excluding tert-OH is 1. The van der Waals surface area contributed by atoms with Crippen molar-refractivity contribution in [3.63, 3.8) is 0 Å². The van der Waals surface area contributed by atoms with Crippen molar-refractivity contribution < 1.29 is 26.7 Å². The lowest BCUT2D eigenvalue weighted by molar-refractivity contribution is -0.0485. The Balaban J connectivity index is 2.78. The number of halogens is 3. The standard InChI is InChI=1S/C7H12F3NO3S/c1-5(12)6-2-3-11(4-6)15(13,14)7(8,9)10/h5-6,12H,2-4H2,1H3. The van der Waals surface area contributed by atoms with Gasteiger partial charge in [0.2, 0.25) is 0 Å². The third kappa shape index (κ3) is 2.43. The highest BCUT2D eigenvalue weighted by Gasteiger charge is 2.51. The van der Waals surface area contributed by atoms with Gasteiger partial charge in [-0.25, -0.2) is 8.42 Å². The number of hydrogen-bond acceptors (Lipinski definition) is 3. The third-order valence-electron chi connectivity index (χ3n) is 2.50. The molecule has 0 spiro atoms. The minimum absolute atomic E-state index is 0.183. The molecule has 0 bridgehead atoms. The van der Waals surface area contributed by atoms with Crippen LogP contribution < -0.4 is 0 Å². The van der Waals surface area contributed by atoms with Crippen LogP contribution >= 0.6 is 0 Å². The summed E-state index contributed by atoms with van der Waals surface area (Å²) in [5.74, 6) is -0.415. The lowest BCUT2D eigenvalue weighted by Gasteiger charge is -2.18. The molecule has 1 aliphatic rings. The Morgan fingerprint density at radius 3 is 2.33 bits per heavy atom. The smallest absolute Gasteiger partial charge is 0.393 e. The molecule has 0 aromatic heterocycles. The van der Waals surface area contributed by atoms with Crippen molar-refractivity contribution in [2.45, 2.75) is 25.0 Å². The van der Waals surface area contributed by atoms with Crippen LogP contribution in [0.3, 0.4) is 0 Å². The molecular weight excluding hydrogens is 235 g/mol. The van der Waals surface area contributed by atoms with Crippen molar-refractivity contribution >= 4 is 10.0 Å². The van der Waals surface area contributed by atoms with E-state index in [1.165, 1.54) is 6.92 Å². The van der Waals surface area contributed by atoms with Crippen LogP contribution in [0.5, 0.6) is 0 Å². The first kappa shape index (κ1) is 12.7. The first-order chi connectivity index (χ1) is 6.66. The summed E-state index contributed by atoms with van der Waals surface area (Å²) in [5, 5.41) is 9.14. The molecule has 0 saturated carbocycles. The number of alkyl halides is 3. The maximum absolute atomic E-state index is 12.1. The van der Waals surface area contributed by atoms with Crippen LogP contribution in [-0.4, -0.2) is 42.5 Å². The van der Waals surface area contributed by atoms with Crippen LogP contribution in [-0.2, 0) is 10.0 Å². The third-order valence-corrected chi connectivity index (χ3v) is 4.10. The van der Waals surface area contributed by atoms with E-state index in [-0.39, 0.29) is 19.5 Å². The SMILES string of the molecule is CC(O)C1CCN(S(=O)(=O)C(F)(F)F)C1. The Hall–Kier alpha value is -0.340. The second-order valence-electron chi connectivity index (χ2n) is 3.60. The molecule has 1 aliphatic heterocycles. The maximum Gasteiger partial charge on any atom is 0.511 e. The second kappa shape index (κ2) is 3.91. The summed E-state index contributed by atoms with van der Waals surface area (Å²) < 4.78 is 58.6. The highest BCUT2D eigenvalue weighted by atomic mass is 32.2. The van der Waals surface area contributed by atoms with Crippen LogP contribution in [0.1, 0.15) is 13.3 Å². The Morgan fingerprint density at radius 1 is 1.47 bits per heavy atom. The molecule has 1 heterocycles. The predicted octanol–water partition coefficient (Wildman–Crippen LogP) is 0.539. The fourth-order valence-corrected chi connectivity index (χ4v) is 2.54. The van der Waals surface area contributed by atoms with Crippen molar-refractivity contribution in [1.82, 2.24) is 4.31 Å². The molecule has 0 aliphatic carbocycles. The normalized spacial score (nSPS) is 26.9. The highest BCUT2D eigenvalue weighted by Crippen LogP contribution is 2.31. The highest BCUT2D eigenvalue weighted by molar-refractivity contribution is 7.90. The summed E-state index contributed by atoms with van der Waals surface area (Å²) >= 11 is 0. The van der Waals surface area contributed by atoms with E-state index in [2.05, 4.69) is 0 Å². The van der Waals surface area contributed by atoms with E-state index < -0.39 is 27.6 Å². The molecule has 0 aromatic carbocycles. The zero-order chi connectivity index (χ0) is 11.9. The van der Waals surface area contributed by atoms with Gasteiger partial charge in [-0.15, -0.1) is 0 Å².